The topological polar surface area (TPSA) is 40.6 Å². The predicted octanol–water partition coefficient (Wildman–Crippen LogP) is 3.19. The number of fused-ring (bicyclic) bond motifs is 1. The van der Waals surface area contributed by atoms with E-state index in [4.69, 9.17) is 0 Å². The van der Waals surface area contributed by atoms with Gasteiger partial charge in [0.1, 0.15) is 0 Å². The average Bonchev–Trinajstić information content (AvgIpc) is 3.08. The second kappa shape index (κ2) is 6.94. The van der Waals surface area contributed by atoms with Crippen LogP contribution in [0, 0.1) is 5.92 Å². The molecule has 0 saturated carbocycles. The number of amides is 2. The summed E-state index contributed by atoms with van der Waals surface area (Å²) in [5.41, 5.74) is 4.67. The summed E-state index contributed by atoms with van der Waals surface area (Å²) in [5.74, 6) is -0.0749. The SMILES string of the molecule is CCc1cccc(N2CC(C(=O)N3CCc4ccccc4C3)CC2=O)c1. The highest BCUT2D eigenvalue weighted by Crippen LogP contribution is 2.29. The van der Waals surface area contributed by atoms with Crippen LogP contribution in [0.5, 0.6) is 0 Å². The van der Waals surface area contributed by atoms with Crippen molar-refractivity contribution in [2.45, 2.75) is 32.7 Å². The van der Waals surface area contributed by atoms with E-state index in [0.29, 0.717) is 19.5 Å². The van der Waals surface area contributed by atoms with Gasteiger partial charge in [0.25, 0.3) is 0 Å². The van der Waals surface area contributed by atoms with Crippen LogP contribution >= 0.6 is 0 Å². The monoisotopic (exact) mass is 348 g/mol. The fourth-order valence-corrected chi connectivity index (χ4v) is 4.01. The van der Waals surface area contributed by atoms with Crippen LogP contribution in [0.3, 0.4) is 0 Å². The molecule has 134 valence electrons. The minimum absolute atomic E-state index is 0.0500. The van der Waals surface area contributed by atoms with Gasteiger partial charge in [0.05, 0.1) is 5.92 Å². The van der Waals surface area contributed by atoms with Gasteiger partial charge in [-0.25, -0.2) is 0 Å². The Morgan fingerprint density at radius 2 is 1.92 bits per heavy atom. The van der Waals surface area contributed by atoms with Crippen molar-refractivity contribution in [2.24, 2.45) is 5.92 Å². The third-order valence-electron chi connectivity index (χ3n) is 5.55. The van der Waals surface area contributed by atoms with Crippen LogP contribution in [0.15, 0.2) is 48.5 Å². The minimum atomic E-state index is -0.238. The first kappa shape index (κ1) is 16.8. The fraction of sp³-hybridized carbons (Fsp3) is 0.364. The normalized spacial score (nSPS) is 19.6. The summed E-state index contributed by atoms with van der Waals surface area (Å²) in [6, 6.07) is 16.4. The average molecular weight is 348 g/mol. The molecule has 2 heterocycles. The van der Waals surface area contributed by atoms with Crippen LogP contribution in [-0.2, 0) is 29.0 Å². The highest BCUT2D eigenvalue weighted by atomic mass is 16.2. The highest BCUT2D eigenvalue weighted by molar-refractivity contribution is 6.00. The van der Waals surface area contributed by atoms with Crippen LogP contribution in [-0.4, -0.2) is 29.8 Å². The van der Waals surface area contributed by atoms with E-state index in [2.05, 4.69) is 31.2 Å². The molecule has 0 N–H and O–H groups in total. The van der Waals surface area contributed by atoms with Crippen molar-refractivity contribution in [3.63, 3.8) is 0 Å². The van der Waals surface area contributed by atoms with Crippen molar-refractivity contribution in [3.8, 4) is 0 Å². The van der Waals surface area contributed by atoms with Gasteiger partial charge in [-0.3, -0.25) is 9.59 Å². The quantitative estimate of drug-likeness (QED) is 0.855. The third kappa shape index (κ3) is 3.12. The number of anilines is 1. The lowest BCUT2D eigenvalue weighted by Gasteiger charge is -2.30. The molecule has 1 unspecified atom stereocenters. The summed E-state index contributed by atoms with van der Waals surface area (Å²) in [7, 11) is 0. The first-order valence-corrected chi connectivity index (χ1v) is 9.40. The summed E-state index contributed by atoms with van der Waals surface area (Å²) in [5, 5.41) is 0. The molecule has 0 aromatic heterocycles. The molecule has 4 rings (SSSR count). The van der Waals surface area contributed by atoms with Crippen molar-refractivity contribution in [3.05, 3.63) is 65.2 Å². The lowest BCUT2D eigenvalue weighted by atomic mass is 9.98. The van der Waals surface area contributed by atoms with Crippen molar-refractivity contribution in [1.29, 1.82) is 0 Å². The number of carbonyl (C=O) groups is 2. The molecule has 0 spiro atoms. The van der Waals surface area contributed by atoms with Gasteiger partial charge in [0.2, 0.25) is 11.8 Å². The van der Waals surface area contributed by atoms with E-state index >= 15 is 0 Å². The summed E-state index contributed by atoms with van der Waals surface area (Å²) < 4.78 is 0. The standard InChI is InChI=1S/C22H24N2O2/c1-2-16-6-5-9-20(12-16)24-15-19(13-21(24)25)22(26)23-11-10-17-7-3-4-8-18(17)14-23/h3-9,12,19H,2,10-11,13-15H2,1H3. The summed E-state index contributed by atoms with van der Waals surface area (Å²) >= 11 is 0. The maximum atomic E-state index is 13.0. The number of carbonyl (C=O) groups excluding carboxylic acids is 2. The molecule has 1 saturated heterocycles. The Morgan fingerprint density at radius 3 is 2.73 bits per heavy atom. The van der Waals surface area contributed by atoms with Crippen LogP contribution in [0.2, 0.25) is 0 Å². The maximum Gasteiger partial charge on any atom is 0.228 e. The Kier molecular flexibility index (Phi) is 4.49. The number of aryl methyl sites for hydroxylation is 1. The molecule has 2 aliphatic rings. The van der Waals surface area contributed by atoms with Crippen LogP contribution < -0.4 is 4.90 Å². The molecule has 4 nitrogen and oxygen atoms in total. The van der Waals surface area contributed by atoms with Gasteiger partial charge in [-0.05, 0) is 41.7 Å². The Hall–Kier alpha value is -2.62. The molecule has 0 radical (unpaired) electrons. The van der Waals surface area contributed by atoms with Gasteiger partial charge in [-0.1, -0.05) is 43.3 Å². The highest BCUT2D eigenvalue weighted by Gasteiger charge is 2.37. The summed E-state index contributed by atoms with van der Waals surface area (Å²) in [6.07, 6.45) is 2.14. The smallest absolute Gasteiger partial charge is 0.228 e. The molecule has 2 aromatic carbocycles. The van der Waals surface area contributed by atoms with Gasteiger partial charge in [0.15, 0.2) is 0 Å². The molecule has 4 heteroatoms. The van der Waals surface area contributed by atoms with Crippen LogP contribution in [0.1, 0.15) is 30.0 Å². The third-order valence-corrected chi connectivity index (χ3v) is 5.55. The lowest BCUT2D eigenvalue weighted by Crippen LogP contribution is -2.40. The van der Waals surface area contributed by atoms with Gasteiger partial charge in [-0.2, -0.15) is 0 Å². The van der Waals surface area contributed by atoms with Crippen molar-refractivity contribution in [2.75, 3.05) is 18.0 Å². The molecule has 2 aliphatic heterocycles. The minimum Gasteiger partial charge on any atom is -0.338 e. The second-order valence-electron chi connectivity index (χ2n) is 7.21. The molecule has 0 aliphatic carbocycles. The molecule has 26 heavy (non-hydrogen) atoms. The van der Waals surface area contributed by atoms with Crippen molar-refractivity contribution >= 4 is 17.5 Å². The van der Waals surface area contributed by atoms with Crippen LogP contribution in [0.25, 0.3) is 0 Å². The number of hydrogen-bond acceptors (Lipinski definition) is 2. The van der Waals surface area contributed by atoms with E-state index < -0.39 is 0 Å². The Bertz CT molecular complexity index is 846. The van der Waals surface area contributed by atoms with Gasteiger partial charge >= 0.3 is 0 Å². The Morgan fingerprint density at radius 1 is 1.12 bits per heavy atom. The lowest BCUT2D eigenvalue weighted by molar-refractivity contribution is -0.136. The first-order chi connectivity index (χ1) is 12.7. The second-order valence-corrected chi connectivity index (χ2v) is 7.21. The molecular weight excluding hydrogens is 324 g/mol. The van der Waals surface area contributed by atoms with E-state index in [-0.39, 0.29) is 17.7 Å². The molecule has 1 atom stereocenters. The van der Waals surface area contributed by atoms with E-state index in [1.165, 1.54) is 16.7 Å². The number of rotatable bonds is 3. The van der Waals surface area contributed by atoms with Gasteiger partial charge in [0, 0.05) is 31.7 Å². The molecule has 2 aromatic rings. The largest absolute Gasteiger partial charge is 0.338 e. The van der Waals surface area contributed by atoms with E-state index in [1.54, 1.807) is 4.90 Å². The van der Waals surface area contributed by atoms with E-state index in [0.717, 1.165) is 25.1 Å². The van der Waals surface area contributed by atoms with Gasteiger partial charge < -0.3 is 9.80 Å². The number of nitrogens with zero attached hydrogens (tertiary/aromatic N) is 2. The van der Waals surface area contributed by atoms with E-state index in [1.807, 2.05) is 29.2 Å². The van der Waals surface area contributed by atoms with Crippen LogP contribution in [0.4, 0.5) is 5.69 Å². The zero-order valence-corrected chi connectivity index (χ0v) is 15.1. The molecule has 1 fully saturated rings. The van der Waals surface area contributed by atoms with Crippen molar-refractivity contribution in [1.82, 2.24) is 4.90 Å². The summed E-state index contributed by atoms with van der Waals surface area (Å²) in [6.45, 7) is 3.99. The summed E-state index contributed by atoms with van der Waals surface area (Å²) in [4.78, 5) is 29.2. The Balaban J connectivity index is 1.47. The first-order valence-electron chi connectivity index (χ1n) is 9.40. The fourth-order valence-electron chi connectivity index (χ4n) is 4.01. The molecule has 2 amide bonds. The zero-order valence-electron chi connectivity index (χ0n) is 15.1. The maximum absolute atomic E-state index is 13.0. The van der Waals surface area contributed by atoms with E-state index in [9.17, 15) is 9.59 Å². The zero-order chi connectivity index (χ0) is 18.1. The number of benzene rings is 2. The van der Waals surface area contributed by atoms with Gasteiger partial charge in [-0.15, -0.1) is 0 Å². The Labute approximate surface area is 154 Å². The predicted molar refractivity (Wildman–Crippen MR) is 102 cm³/mol. The number of hydrogen-bond donors (Lipinski definition) is 0. The molecular formula is C22H24N2O2. The molecule has 0 bridgehead atoms. The van der Waals surface area contributed by atoms with Crippen molar-refractivity contribution < 1.29 is 9.59 Å².